The lowest BCUT2D eigenvalue weighted by atomic mass is 9.72. The van der Waals surface area contributed by atoms with Crippen molar-refractivity contribution in [2.24, 2.45) is 5.92 Å². The van der Waals surface area contributed by atoms with Crippen LogP contribution in [-0.2, 0) is 20.9 Å². The van der Waals surface area contributed by atoms with Crippen LogP contribution in [0.15, 0.2) is 84.9 Å². The van der Waals surface area contributed by atoms with Crippen molar-refractivity contribution in [2.45, 2.75) is 37.5 Å². The van der Waals surface area contributed by atoms with Crippen molar-refractivity contribution in [3.8, 4) is 0 Å². The Morgan fingerprint density at radius 3 is 1.83 bits per heavy atom. The molecule has 0 saturated carbocycles. The van der Waals surface area contributed by atoms with E-state index >= 15 is 0 Å². The third-order valence-corrected chi connectivity index (χ3v) is 7.03. The van der Waals surface area contributed by atoms with Gasteiger partial charge in [-0.05, 0) is 49.0 Å². The zero-order valence-corrected chi connectivity index (χ0v) is 19.9. The molecule has 3 aliphatic heterocycles. The van der Waals surface area contributed by atoms with Crippen LogP contribution in [0.2, 0.25) is 0 Å². The molecule has 2 atom stereocenters. The quantitative estimate of drug-likeness (QED) is 0.482. The molecule has 3 aliphatic rings. The fourth-order valence-corrected chi connectivity index (χ4v) is 5.38. The van der Waals surface area contributed by atoms with Gasteiger partial charge in [0.05, 0.1) is 12.7 Å². The lowest BCUT2D eigenvalue weighted by Gasteiger charge is -2.53. The summed E-state index contributed by atoms with van der Waals surface area (Å²) in [4.78, 5) is 20.8. The Labute approximate surface area is 210 Å². The molecule has 2 unspecified atom stereocenters. The summed E-state index contributed by atoms with van der Waals surface area (Å²) in [7, 11) is 0. The van der Waals surface area contributed by atoms with E-state index in [0.29, 0.717) is 18.1 Å². The van der Waals surface area contributed by atoms with Crippen molar-refractivity contribution in [1.82, 2.24) is 4.90 Å². The second-order valence-corrected chi connectivity index (χ2v) is 9.14. The normalized spacial score (nSPS) is 22.5. The van der Waals surface area contributed by atoms with Crippen LogP contribution in [0.1, 0.15) is 35.4 Å². The number of fused-ring (bicyclic) bond motifs is 3. The maximum Gasteiger partial charge on any atom is 0.414 e. The van der Waals surface area contributed by atoms with Crippen LogP contribution in [0, 0.1) is 11.7 Å². The Morgan fingerprint density at radius 1 is 0.833 bits per heavy atom. The molecule has 36 heavy (non-hydrogen) atoms. The maximum atomic E-state index is 14.2. The minimum atomic E-state index is -1.82. The zero-order valence-electron chi connectivity index (χ0n) is 19.9. The number of rotatable bonds is 6. The van der Waals surface area contributed by atoms with Crippen LogP contribution in [-0.4, -0.2) is 52.3 Å². The highest BCUT2D eigenvalue weighted by atomic mass is 19.1. The van der Waals surface area contributed by atoms with E-state index in [9.17, 15) is 4.39 Å². The Bertz CT molecular complexity index is 1100. The summed E-state index contributed by atoms with van der Waals surface area (Å²) in [5.74, 6) is -3.06. The molecule has 3 fully saturated rings. The molecule has 7 heteroatoms. The number of nitrogens with zero attached hydrogens (tertiary/aromatic N) is 1. The maximum absolute atomic E-state index is 14.2. The molecule has 188 valence electrons. The number of benzene rings is 3. The molecule has 0 radical (unpaired) electrons. The van der Waals surface area contributed by atoms with Crippen LogP contribution in [0.5, 0.6) is 0 Å². The summed E-state index contributed by atoms with van der Waals surface area (Å²) in [6.45, 7) is 2.56. The van der Waals surface area contributed by atoms with Crippen LogP contribution < -0.4 is 0 Å². The number of hydrogen-bond donors (Lipinski definition) is 2. The van der Waals surface area contributed by atoms with Gasteiger partial charge in [-0.2, -0.15) is 0 Å². The predicted octanol–water partition coefficient (Wildman–Crippen LogP) is 4.79. The number of halogens is 1. The first kappa shape index (κ1) is 25.5. The topological polar surface area (TPSA) is 87.1 Å². The van der Waals surface area contributed by atoms with Gasteiger partial charge in [0.1, 0.15) is 5.82 Å². The molecule has 3 saturated heterocycles. The Hall–Kier alpha value is -3.55. The van der Waals surface area contributed by atoms with Gasteiger partial charge in [-0.15, -0.1) is 0 Å². The number of carboxylic acids is 2. The van der Waals surface area contributed by atoms with Crippen molar-refractivity contribution in [3.63, 3.8) is 0 Å². The first-order valence-electron chi connectivity index (χ1n) is 12.1. The van der Waals surface area contributed by atoms with Crippen molar-refractivity contribution >= 4 is 11.9 Å². The van der Waals surface area contributed by atoms with Crippen molar-refractivity contribution in [2.75, 3.05) is 13.1 Å². The van der Waals surface area contributed by atoms with Gasteiger partial charge in [0.25, 0.3) is 0 Å². The first-order valence-corrected chi connectivity index (χ1v) is 12.1. The van der Waals surface area contributed by atoms with Crippen molar-refractivity contribution < 1.29 is 28.9 Å². The first-order chi connectivity index (χ1) is 17.5. The van der Waals surface area contributed by atoms with E-state index in [0.717, 1.165) is 25.9 Å². The van der Waals surface area contributed by atoms with Gasteiger partial charge in [0, 0.05) is 17.5 Å². The van der Waals surface area contributed by atoms with Gasteiger partial charge in [-0.3, -0.25) is 4.90 Å². The molecule has 6 nitrogen and oxygen atoms in total. The Kier molecular flexibility index (Phi) is 8.46. The molecule has 3 heterocycles. The third-order valence-electron chi connectivity index (χ3n) is 7.03. The summed E-state index contributed by atoms with van der Waals surface area (Å²) in [6.07, 6.45) is 2.42. The number of carbonyl (C=O) groups is 2. The van der Waals surface area contributed by atoms with E-state index in [1.165, 1.54) is 17.2 Å². The molecular formula is C29H30FNO5. The van der Waals surface area contributed by atoms with Crippen LogP contribution in [0.4, 0.5) is 4.39 Å². The van der Waals surface area contributed by atoms with Crippen LogP contribution in [0.3, 0.4) is 0 Å². The molecule has 0 aromatic heterocycles. The van der Waals surface area contributed by atoms with E-state index in [1.54, 1.807) is 6.07 Å². The molecule has 2 N–H and O–H groups in total. The van der Waals surface area contributed by atoms with Crippen LogP contribution >= 0.6 is 0 Å². The highest BCUT2D eigenvalue weighted by molar-refractivity contribution is 6.27. The standard InChI is InChI=1S/C27H28FNO.C2H2O4/c28-24-14-8-7-13-23(24)19-30-27-22-15-17-29(18-16-22)26(27)25(20-9-3-1-4-10-20)21-11-5-2-6-12-21;3-1(4)2(5)6/h1-14,22,25-27H,15-19H2;(H,3,4)(H,5,6). The number of hydrogen-bond acceptors (Lipinski definition) is 4. The molecule has 0 spiro atoms. The second kappa shape index (κ2) is 11.9. The van der Waals surface area contributed by atoms with Gasteiger partial charge in [-0.25, -0.2) is 14.0 Å². The fraction of sp³-hybridized carbons (Fsp3) is 0.310. The molecule has 3 aromatic carbocycles. The summed E-state index contributed by atoms with van der Waals surface area (Å²) >= 11 is 0. The molecule has 3 aromatic rings. The van der Waals surface area contributed by atoms with E-state index in [-0.39, 0.29) is 23.9 Å². The van der Waals surface area contributed by atoms with Gasteiger partial charge >= 0.3 is 11.9 Å². The minimum absolute atomic E-state index is 0.0949. The monoisotopic (exact) mass is 491 g/mol. The average molecular weight is 492 g/mol. The smallest absolute Gasteiger partial charge is 0.414 e. The van der Waals surface area contributed by atoms with Gasteiger partial charge < -0.3 is 14.9 Å². The van der Waals surface area contributed by atoms with Crippen molar-refractivity contribution in [3.05, 3.63) is 107 Å². The third kappa shape index (κ3) is 5.98. The molecule has 0 aliphatic carbocycles. The van der Waals surface area contributed by atoms with Crippen molar-refractivity contribution in [1.29, 1.82) is 0 Å². The van der Waals surface area contributed by atoms with Gasteiger partial charge in [0.15, 0.2) is 0 Å². The van der Waals surface area contributed by atoms with E-state index in [2.05, 4.69) is 65.6 Å². The molecular weight excluding hydrogens is 461 g/mol. The lowest BCUT2D eigenvalue weighted by Crippen LogP contribution is -2.60. The SMILES string of the molecule is Fc1ccccc1COC1C2CCN(CC2)C1C(c1ccccc1)c1ccccc1.O=C(O)C(=O)O. The summed E-state index contributed by atoms with van der Waals surface area (Å²) in [5.41, 5.74) is 3.28. The summed E-state index contributed by atoms with van der Waals surface area (Å²) in [6, 6.07) is 28.8. The van der Waals surface area contributed by atoms with Gasteiger partial charge in [0.2, 0.25) is 0 Å². The summed E-state index contributed by atoms with van der Waals surface area (Å²) < 4.78 is 20.8. The number of carboxylic acid groups (broad SMARTS) is 2. The van der Waals surface area contributed by atoms with Crippen LogP contribution in [0.25, 0.3) is 0 Å². The number of ether oxygens (including phenoxy) is 1. The second-order valence-electron chi connectivity index (χ2n) is 9.14. The van der Waals surface area contributed by atoms with E-state index in [1.807, 2.05) is 12.1 Å². The van der Waals surface area contributed by atoms with E-state index < -0.39 is 11.9 Å². The van der Waals surface area contributed by atoms with E-state index in [4.69, 9.17) is 24.5 Å². The molecule has 0 amide bonds. The molecule has 2 bridgehead atoms. The Morgan fingerprint density at radius 2 is 1.33 bits per heavy atom. The number of piperidine rings is 3. The molecule has 6 rings (SSSR count). The highest BCUT2D eigenvalue weighted by Crippen LogP contribution is 2.43. The minimum Gasteiger partial charge on any atom is -0.473 e. The van der Waals surface area contributed by atoms with Gasteiger partial charge in [-0.1, -0.05) is 78.9 Å². The average Bonchev–Trinajstić information content (AvgIpc) is 2.91. The highest BCUT2D eigenvalue weighted by Gasteiger charge is 2.47. The Balaban J connectivity index is 0.000000455. The number of aliphatic carboxylic acids is 2. The zero-order chi connectivity index (χ0) is 25.5. The fourth-order valence-electron chi connectivity index (χ4n) is 5.38. The summed E-state index contributed by atoms with van der Waals surface area (Å²) in [5, 5.41) is 14.8. The predicted molar refractivity (Wildman–Crippen MR) is 133 cm³/mol. The lowest BCUT2D eigenvalue weighted by molar-refractivity contribution is -0.159. The largest absolute Gasteiger partial charge is 0.473 e.